The minimum atomic E-state index is -2.31. The number of nitrogens with zero attached hydrogens (tertiary/aromatic N) is 3. The molecule has 0 saturated carbocycles. The monoisotopic (exact) mass is 447 g/mol. The van der Waals surface area contributed by atoms with E-state index in [4.69, 9.17) is 0 Å². The number of azide groups is 1. The van der Waals surface area contributed by atoms with E-state index in [0.29, 0.717) is 0 Å². The fourth-order valence-corrected chi connectivity index (χ4v) is 9.71. The smallest absolute Gasteiger partial charge is 0.0906 e. The molecule has 0 spiro atoms. The van der Waals surface area contributed by atoms with E-state index in [-0.39, 0.29) is 6.04 Å². The Bertz CT molecular complexity index is 1060. The molecule has 0 aromatic heterocycles. The number of hydrogen-bond donors (Lipinski definition) is 0. The molecule has 0 saturated heterocycles. The minimum absolute atomic E-state index is 0.0294. The second-order valence-corrected chi connectivity index (χ2v) is 12.5. The van der Waals surface area contributed by atoms with Crippen LogP contribution in [-0.2, 0) is 6.42 Å². The summed E-state index contributed by atoms with van der Waals surface area (Å²) >= 11 is 0. The van der Waals surface area contributed by atoms with Crippen molar-refractivity contribution in [1.82, 2.24) is 0 Å². The third kappa shape index (κ3) is 5.43. The van der Waals surface area contributed by atoms with Gasteiger partial charge in [-0.3, -0.25) is 0 Å². The first-order valence-corrected chi connectivity index (χ1v) is 13.8. The fraction of sp³-hybridized carbons (Fsp3) is 0.172. The summed E-state index contributed by atoms with van der Waals surface area (Å²) in [5.74, 6) is 0. The average Bonchev–Trinajstić information content (AvgIpc) is 2.90. The van der Waals surface area contributed by atoms with E-state index in [2.05, 4.69) is 125 Å². The number of aryl methyl sites for hydroxylation is 1. The first kappa shape index (κ1) is 22.6. The van der Waals surface area contributed by atoms with Gasteiger partial charge in [0.2, 0.25) is 0 Å². The van der Waals surface area contributed by atoms with Crippen molar-refractivity contribution in [3.05, 3.63) is 137 Å². The highest BCUT2D eigenvalue weighted by Crippen LogP contribution is 2.20. The molecule has 0 amide bonds. The van der Waals surface area contributed by atoms with Gasteiger partial charge in [0.1, 0.15) is 8.07 Å². The zero-order chi connectivity index (χ0) is 22.8. The summed E-state index contributed by atoms with van der Waals surface area (Å²) < 4.78 is 0. The topological polar surface area (TPSA) is 48.8 Å². The van der Waals surface area contributed by atoms with Gasteiger partial charge in [-0.25, -0.2) is 0 Å². The molecule has 0 radical (unpaired) electrons. The molecule has 1 unspecified atom stereocenters. The van der Waals surface area contributed by atoms with E-state index in [9.17, 15) is 5.53 Å². The molecule has 0 fully saturated rings. The van der Waals surface area contributed by atoms with Gasteiger partial charge in [-0.1, -0.05) is 126 Å². The molecular formula is C29H29N3Si. The zero-order valence-electron chi connectivity index (χ0n) is 18.8. The maximum atomic E-state index is 9.28. The quantitative estimate of drug-likeness (QED) is 0.0961. The Morgan fingerprint density at radius 1 is 0.606 bits per heavy atom. The Balaban J connectivity index is 1.70. The molecule has 33 heavy (non-hydrogen) atoms. The predicted octanol–water partition coefficient (Wildman–Crippen LogP) is 5.86. The van der Waals surface area contributed by atoms with Gasteiger partial charge in [0.05, 0.1) is 0 Å². The molecule has 0 aliphatic carbocycles. The molecule has 0 heterocycles. The number of hydrogen-bond acceptors (Lipinski definition) is 1. The summed E-state index contributed by atoms with van der Waals surface area (Å²) in [6.07, 6.45) is 2.64. The van der Waals surface area contributed by atoms with Gasteiger partial charge < -0.3 is 0 Å². The molecule has 4 aromatic carbocycles. The molecule has 0 bridgehead atoms. The van der Waals surface area contributed by atoms with Crippen molar-refractivity contribution < 1.29 is 0 Å². The van der Waals surface area contributed by atoms with E-state index >= 15 is 0 Å². The molecule has 4 heteroatoms. The lowest BCUT2D eigenvalue weighted by Gasteiger charge is -2.34. The SMILES string of the molecule is [N-]=[N+]=NC(CCc1ccccc1)CC[Si](c1ccccc1)(c1ccccc1)c1ccccc1. The normalized spacial score (nSPS) is 12.0. The van der Waals surface area contributed by atoms with Crippen molar-refractivity contribution in [1.29, 1.82) is 0 Å². The van der Waals surface area contributed by atoms with Crippen LogP contribution in [-0.4, -0.2) is 14.1 Å². The second kappa shape index (κ2) is 11.3. The zero-order valence-corrected chi connectivity index (χ0v) is 19.8. The Morgan fingerprint density at radius 3 is 1.45 bits per heavy atom. The van der Waals surface area contributed by atoms with Crippen LogP contribution in [0.2, 0.25) is 6.04 Å². The van der Waals surface area contributed by atoms with Gasteiger partial charge in [-0.15, -0.1) is 0 Å². The van der Waals surface area contributed by atoms with E-state index in [1.165, 1.54) is 21.1 Å². The summed E-state index contributed by atoms with van der Waals surface area (Å²) in [5, 5.41) is 8.41. The number of benzene rings is 4. The molecule has 4 rings (SSSR count). The van der Waals surface area contributed by atoms with E-state index in [1.54, 1.807) is 0 Å². The summed E-state index contributed by atoms with van der Waals surface area (Å²) in [6.45, 7) is 0. The minimum Gasteiger partial charge on any atom is -0.0906 e. The number of rotatable bonds is 10. The Labute approximate surface area is 197 Å². The van der Waals surface area contributed by atoms with Crippen molar-refractivity contribution in [3.8, 4) is 0 Å². The standard InChI is InChI=1S/C29H29N3Si/c30-32-31-26(22-21-25-13-5-1-6-14-25)23-24-33(27-15-7-2-8-16-27,28-17-9-3-10-18-28)29-19-11-4-12-20-29/h1-20,26H,21-24H2. The van der Waals surface area contributed by atoms with Crippen molar-refractivity contribution in [2.75, 3.05) is 0 Å². The van der Waals surface area contributed by atoms with Gasteiger partial charge in [0, 0.05) is 11.0 Å². The van der Waals surface area contributed by atoms with Crippen LogP contribution in [0.15, 0.2) is 126 Å². The van der Waals surface area contributed by atoms with E-state index in [1.807, 2.05) is 6.07 Å². The third-order valence-electron chi connectivity index (χ3n) is 6.48. The molecule has 0 aliphatic heterocycles. The lowest BCUT2D eigenvalue weighted by atomic mass is 10.0. The van der Waals surface area contributed by atoms with E-state index in [0.717, 1.165) is 25.3 Å². The second-order valence-electron chi connectivity index (χ2n) is 8.43. The van der Waals surface area contributed by atoms with Crippen LogP contribution in [0, 0.1) is 0 Å². The van der Waals surface area contributed by atoms with Crippen LogP contribution < -0.4 is 15.6 Å². The first-order chi connectivity index (χ1) is 16.3. The highest BCUT2D eigenvalue weighted by atomic mass is 28.3. The third-order valence-corrected chi connectivity index (χ3v) is 11.5. The maximum Gasteiger partial charge on any atom is 0.148 e. The Kier molecular flexibility index (Phi) is 7.75. The average molecular weight is 448 g/mol. The molecule has 0 N–H and O–H groups in total. The highest BCUT2D eigenvalue weighted by molar-refractivity contribution is 7.11. The van der Waals surface area contributed by atoms with Gasteiger partial charge in [0.15, 0.2) is 0 Å². The molecule has 4 aromatic rings. The van der Waals surface area contributed by atoms with Crippen LogP contribution in [0.4, 0.5) is 0 Å². The Hall–Kier alpha value is -3.59. The lowest BCUT2D eigenvalue weighted by Crippen LogP contribution is -2.67. The highest BCUT2D eigenvalue weighted by Gasteiger charge is 2.39. The van der Waals surface area contributed by atoms with Gasteiger partial charge in [0.25, 0.3) is 0 Å². The molecule has 1 atom stereocenters. The van der Waals surface area contributed by atoms with Crippen molar-refractivity contribution in [2.24, 2.45) is 5.11 Å². The first-order valence-electron chi connectivity index (χ1n) is 11.6. The van der Waals surface area contributed by atoms with Crippen molar-refractivity contribution in [3.63, 3.8) is 0 Å². The summed E-state index contributed by atoms with van der Waals surface area (Å²) in [5.41, 5.74) is 10.6. The van der Waals surface area contributed by atoms with Crippen LogP contribution in [0.3, 0.4) is 0 Å². The van der Waals surface area contributed by atoms with Crippen LogP contribution >= 0.6 is 0 Å². The lowest BCUT2D eigenvalue weighted by molar-refractivity contribution is 0.590. The maximum absolute atomic E-state index is 9.28. The summed E-state index contributed by atoms with van der Waals surface area (Å²) in [6, 6.07) is 44.2. The van der Waals surface area contributed by atoms with Crippen LogP contribution in [0.5, 0.6) is 0 Å². The van der Waals surface area contributed by atoms with Gasteiger partial charge in [-0.2, -0.15) is 0 Å². The van der Waals surface area contributed by atoms with Gasteiger partial charge in [-0.05, 0) is 52.0 Å². The van der Waals surface area contributed by atoms with Crippen LogP contribution in [0.1, 0.15) is 18.4 Å². The summed E-state index contributed by atoms with van der Waals surface area (Å²) in [4.78, 5) is 3.21. The Morgan fingerprint density at radius 2 is 1.03 bits per heavy atom. The van der Waals surface area contributed by atoms with Crippen molar-refractivity contribution in [2.45, 2.75) is 31.3 Å². The van der Waals surface area contributed by atoms with Crippen LogP contribution in [0.25, 0.3) is 10.4 Å². The molecule has 164 valence electrons. The predicted molar refractivity (Wildman–Crippen MR) is 141 cm³/mol. The van der Waals surface area contributed by atoms with Gasteiger partial charge >= 0.3 is 0 Å². The molecule has 0 aliphatic rings. The fourth-order valence-electron chi connectivity index (χ4n) is 4.79. The largest absolute Gasteiger partial charge is 0.148 e. The molecule has 3 nitrogen and oxygen atoms in total. The van der Waals surface area contributed by atoms with Crippen molar-refractivity contribution >= 4 is 23.6 Å². The summed E-state index contributed by atoms with van der Waals surface area (Å²) in [7, 11) is -2.31. The van der Waals surface area contributed by atoms with E-state index < -0.39 is 8.07 Å². The molecular weight excluding hydrogens is 418 g/mol.